The molecule has 2 heterocycles. The molecule has 0 bridgehead atoms. The number of hydrogen-bond acceptors (Lipinski definition) is 3. The molecule has 1 fully saturated rings. The molecule has 1 aromatic heterocycles. The van der Waals surface area contributed by atoms with Crippen LogP contribution in [0.1, 0.15) is 37.9 Å². The lowest BCUT2D eigenvalue weighted by molar-refractivity contribution is 0.155. The number of carbonyl (C=O) groups excluding carboxylic acids is 1. The Bertz CT molecular complexity index is 682. The van der Waals surface area contributed by atoms with Crippen LogP contribution < -0.4 is 5.32 Å². The Balaban J connectivity index is 1.54. The van der Waals surface area contributed by atoms with Gasteiger partial charge in [0.15, 0.2) is 0 Å². The Morgan fingerprint density at radius 2 is 2.12 bits per heavy atom. The third kappa shape index (κ3) is 5.05. The van der Waals surface area contributed by atoms with Crippen LogP contribution in [0.4, 0.5) is 4.79 Å². The summed E-state index contributed by atoms with van der Waals surface area (Å²) in [6.07, 6.45) is 5.00. The Hall–Kier alpha value is -2.37. The zero-order valence-electron chi connectivity index (χ0n) is 15.1. The maximum Gasteiger partial charge on any atom is 0.317 e. The van der Waals surface area contributed by atoms with Gasteiger partial charge in [0.05, 0.1) is 5.69 Å². The maximum absolute atomic E-state index is 12.2. The van der Waals surface area contributed by atoms with Crippen molar-refractivity contribution in [2.75, 3.05) is 13.1 Å². The standard InChI is InChI=1S/C19H27N5O/c1-15(2)20-19(25)23-10-6-9-17(12-23)13-24-14-18(21-22-24)11-16-7-4-3-5-8-16/h3-5,7-8,14-15,17H,6,9-13H2,1-2H3,(H,20,25)/t17-/m0/s1. The summed E-state index contributed by atoms with van der Waals surface area (Å²) >= 11 is 0. The fourth-order valence-corrected chi connectivity index (χ4v) is 3.32. The molecule has 0 saturated carbocycles. The third-order valence-electron chi connectivity index (χ3n) is 4.48. The van der Waals surface area contributed by atoms with Gasteiger partial charge in [-0.05, 0) is 38.2 Å². The molecule has 0 radical (unpaired) electrons. The summed E-state index contributed by atoms with van der Waals surface area (Å²) in [7, 11) is 0. The molecule has 1 N–H and O–H groups in total. The molecule has 134 valence electrons. The van der Waals surface area contributed by atoms with Crippen LogP contribution in [0.3, 0.4) is 0 Å². The first-order valence-electron chi connectivity index (χ1n) is 9.08. The van der Waals surface area contributed by atoms with Crippen LogP contribution >= 0.6 is 0 Å². The zero-order chi connectivity index (χ0) is 17.6. The van der Waals surface area contributed by atoms with Crippen molar-refractivity contribution >= 4 is 6.03 Å². The summed E-state index contributed by atoms with van der Waals surface area (Å²) < 4.78 is 1.92. The number of benzene rings is 1. The first-order valence-corrected chi connectivity index (χ1v) is 9.08. The Labute approximate surface area is 149 Å². The number of amides is 2. The van der Waals surface area contributed by atoms with Crippen molar-refractivity contribution < 1.29 is 4.79 Å². The van der Waals surface area contributed by atoms with Crippen LogP contribution in [0, 0.1) is 5.92 Å². The molecule has 1 aliphatic rings. The predicted octanol–water partition coefficient (Wildman–Crippen LogP) is 2.70. The largest absolute Gasteiger partial charge is 0.336 e. The number of nitrogens with one attached hydrogen (secondary N) is 1. The van der Waals surface area contributed by atoms with Crippen LogP contribution in [0.2, 0.25) is 0 Å². The van der Waals surface area contributed by atoms with E-state index < -0.39 is 0 Å². The molecule has 6 heteroatoms. The number of urea groups is 1. The van der Waals surface area contributed by atoms with Crippen LogP contribution in [-0.4, -0.2) is 45.1 Å². The van der Waals surface area contributed by atoms with Crippen molar-refractivity contribution in [1.29, 1.82) is 0 Å². The number of likely N-dealkylation sites (tertiary alicyclic amines) is 1. The molecule has 1 saturated heterocycles. The minimum atomic E-state index is 0.0445. The van der Waals surface area contributed by atoms with E-state index in [9.17, 15) is 4.79 Å². The molecule has 2 aromatic rings. The zero-order valence-corrected chi connectivity index (χ0v) is 15.1. The molecule has 0 unspecified atom stereocenters. The summed E-state index contributed by atoms with van der Waals surface area (Å²) in [5, 5.41) is 11.5. The van der Waals surface area contributed by atoms with E-state index in [0.29, 0.717) is 5.92 Å². The number of piperidine rings is 1. The highest BCUT2D eigenvalue weighted by molar-refractivity contribution is 5.74. The van der Waals surface area contributed by atoms with Gasteiger partial charge in [-0.1, -0.05) is 35.5 Å². The molecule has 2 amide bonds. The van der Waals surface area contributed by atoms with E-state index >= 15 is 0 Å². The summed E-state index contributed by atoms with van der Waals surface area (Å²) in [6, 6.07) is 10.5. The summed E-state index contributed by atoms with van der Waals surface area (Å²) in [4.78, 5) is 14.1. The Kier molecular flexibility index (Phi) is 5.68. The molecule has 25 heavy (non-hydrogen) atoms. The normalized spacial score (nSPS) is 17.7. The first kappa shape index (κ1) is 17.5. The molecule has 0 aliphatic carbocycles. The maximum atomic E-state index is 12.2. The molecule has 1 aliphatic heterocycles. The van der Waals surface area contributed by atoms with Gasteiger partial charge in [0.1, 0.15) is 0 Å². The average Bonchev–Trinajstić information content (AvgIpc) is 3.02. The quantitative estimate of drug-likeness (QED) is 0.909. The van der Waals surface area contributed by atoms with Crippen molar-refractivity contribution in [3.63, 3.8) is 0 Å². The smallest absolute Gasteiger partial charge is 0.317 e. The molecule has 3 rings (SSSR count). The highest BCUT2D eigenvalue weighted by atomic mass is 16.2. The van der Waals surface area contributed by atoms with Crippen molar-refractivity contribution in [3.8, 4) is 0 Å². The molecule has 1 atom stereocenters. The number of aromatic nitrogens is 3. The van der Waals surface area contributed by atoms with Gasteiger partial charge in [-0.15, -0.1) is 5.10 Å². The first-order chi connectivity index (χ1) is 12.1. The van der Waals surface area contributed by atoms with Crippen LogP contribution in [0.25, 0.3) is 0 Å². The highest BCUT2D eigenvalue weighted by Crippen LogP contribution is 2.18. The Morgan fingerprint density at radius 1 is 1.32 bits per heavy atom. The topological polar surface area (TPSA) is 63.1 Å². The lowest BCUT2D eigenvalue weighted by Crippen LogP contribution is -2.48. The SMILES string of the molecule is CC(C)NC(=O)N1CCC[C@H](Cn2cc(Cc3ccccc3)nn2)C1. The summed E-state index contributed by atoms with van der Waals surface area (Å²) in [5.74, 6) is 0.429. The van der Waals surface area contributed by atoms with Gasteiger partial charge >= 0.3 is 6.03 Å². The number of carbonyl (C=O) groups is 1. The third-order valence-corrected chi connectivity index (χ3v) is 4.48. The minimum absolute atomic E-state index is 0.0445. The van der Waals surface area contributed by atoms with Gasteiger partial charge in [0.25, 0.3) is 0 Å². The second kappa shape index (κ2) is 8.14. The van der Waals surface area contributed by atoms with Gasteiger partial charge in [-0.25, -0.2) is 4.79 Å². The summed E-state index contributed by atoms with van der Waals surface area (Å²) in [5.41, 5.74) is 2.22. The van der Waals surface area contributed by atoms with E-state index in [4.69, 9.17) is 0 Å². The van der Waals surface area contributed by atoms with Gasteiger partial charge in [0.2, 0.25) is 0 Å². The summed E-state index contributed by atoms with van der Waals surface area (Å²) in [6.45, 7) is 6.41. The lowest BCUT2D eigenvalue weighted by Gasteiger charge is -2.33. The van der Waals surface area contributed by atoms with Crippen molar-refractivity contribution in [1.82, 2.24) is 25.2 Å². The molecular formula is C19H27N5O. The van der Waals surface area contributed by atoms with E-state index in [1.807, 2.05) is 47.8 Å². The fraction of sp³-hybridized carbons (Fsp3) is 0.526. The van der Waals surface area contributed by atoms with Crippen LogP contribution in [0.5, 0.6) is 0 Å². The molecular weight excluding hydrogens is 314 g/mol. The second-order valence-corrected chi connectivity index (χ2v) is 7.15. The van der Waals surface area contributed by atoms with E-state index in [1.54, 1.807) is 0 Å². The fourth-order valence-electron chi connectivity index (χ4n) is 3.32. The van der Waals surface area contributed by atoms with Gasteiger partial charge in [-0.2, -0.15) is 0 Å². The Morgan fingerprint density at radius 3 is 2.88 bits per heavy atom. The van der Waals surface area contributed by atoms with Crippen molar-refractivity contribution in [2.24, 2.45) is 5.92 Å². The van der Waals surface area contributed by atoms with Gasteiger partial charge < -0.3 is 10.2 Å². The van der Waals surface area contributed by atoms with Gasteiger partial charge in [0, 0.05) is 38.3 Å². The van der Waals surface area contributed by atoms with Gasteiger partial charge in [-0.3, -0.25) is 4.68 Å². The second-order valence-electron chi connectivity index (χ2n) is 7.15. The average molecular weight is 341 g/mol. The molecule has 1 aromatic carbocycles. The minimum Gasteiger partial charge on any atom is -0.336 e. The van der Waals surface area contributed by atoms with Crippen molar-refractivity contribution in [2.45, 2.75) is 45.7 Å². The lowest BCUT2D eigenvalue weighted by atomic mass is 9.98. The predicted molar refractivity (Wildman–Crippen MR) is 97.2 cm³/mol. The number of hydrogen-bond donors (Lipinski definition) is 1. The highest BCUT2D eigenvalue weighted by Gasteiger charge is 2.24. The van der Waals surface area contributed by atoms with E-state index in [1.165, 1.54) is 5.56 Å². The monoisotopic (exact) mass is 341 g/mol. The van der Waals surface area contributed by atoms with Crippen LogP contribution in [-0.2, 0) is 13.0 Å². The van der Waals surface area contributed by atoms with Crippen molar-refractivity contribution in [3.05, 3.63) is 47.8 Å². The number of nitrogens with zero attached hydrogens (tertiary/aromatic N) is 4. The molecule has 6 nitrogen and oxygen atoms in total. The van der Waals surface area contributed by atoms with E-state index in [2.05, 4.69) is 27.8 Å². The number of rotatable bonds is 5. The van der Waals surface area contributed by atoms with E-state index in [-0.39, 0.29) is 12.1 Å². The van der Waals surface area contributed by atoms with E-state index in [0.717, 1.165) is 44.6 Å². The molecule has 0 spiro atoms. The van der Waals surface area contributed by atoms with Crippen LogP contribution in [0.15, 0.2) is 36.5 Å².